The molecule has 0 fully saturated rings. The maximum atomic E-state index is 12.0. The first-order chi connectivity index (χ1) is 8.03. The van der Waals surface area contributed by atoms with Crippen molar-refractivity contribution in [1.82, 2.24) is 15.2 Å². The third kappa shape index (κ3) is 2.38. The monoisotopic (exact) mass is 255 g/mol. The van der Waals surface area contributed by atoms with Crippen LogP contribution < -0.4 is 0 Å². The number of aryl methyl sites for hydroxylation is 2. The minimum absolute atomic E-state index is 0.194. The third-order valence-corrected chi connectivity index (χ3v) is 4.11. The topological polar surface area (TPSA) is 88.9 Å². The summed E-state index contributed by atoms with van der Waals surface area (Å²) >= 11 is 0. The number of nitrogens with one attached hydrogen (secondary N) is 1. The minimum Gasteiger partial charge on any atom is -0.468 e. The van der Waals surface area contributed by atoms with Crippen molar-refractivity contribution in [1.29, 1.82) is 0 Å². The molecule has 2 rings (SSSR count). The number of H-pyrrole nitrogens is 1. The molecule has 6 nitrogen and oxygen atoms in total. The fourth-order valence-corrected chi connectivity index (χ4v) is 2.90. The van der Waals surface area contributed by atoms with Gasteiger partial charge in [0, 0.05) is 6.42 Å². The smallest absolute Gasteiger partial charge is 0.189 e. The molecule has 0 radical (unpaired) electrons. The quantitative estimate of drug-likeness (QED) is 0.887. The number of rotatable bonds is 4. The normalized spacial score (nSPS) is 11.9. The second kappa shape index (κ2) is 4.33. The fourth-order valence-electron chi connectivity index (χ4n) is 1.51. The molecule has 0 amide bonds. The molecular formula is C10H13N3O3S. The summed E-state index contributed by atoms with van der Waals surface area (Å²) in [5.41, 5.74) is 0. The van der Waals surface area contributed by atoms with Gasteiger partial charge in [-0.15, -0.1) is 0 Å². The molecule has 0 aliphatic carbocycles. The van der Waals surface area contributed by atoms with Crippen molar-refractivity contribution in [2.75, 3.05) is 0 Å². The lowest BCUT2D eigenvalue weighted by molar-refractivity contribution is 0.522. The SMILES string of the molecule is CCc1n[nH]c(CS(=O)(=O)c2ccoc2C)n1. The minimum atomic E-state index is -3.42. The van der Waals surface area contributed by atoms with Gasteiger partial charge in [0.05, 0.1) is 6.26 Å². The summed E-state index contributed by atoms with van der Waals surface area (Å²) in [5.74, 6) is 1.15. The fraction of sp³-hybridized carbons (Fsp3) is 0.400. The highest BCUT2D eigenvalue weighted by molar-refractivity contribution is 7.90. The van der Waals surface area contributed by atoms with Crippen LogP contribution in [0.1, 0.15) is 24.3 Å². The van der Waals surface area contributed by atoms with E-state index in [9.17, 15) is 8.42 Å². The van der Waals surface area contributed by atoms with Gasteiger partial charge in [0.25, 0.3) is 0 Å². The summed E-state index contributed by atoms with van der Waals surface area (Å²) in [5, 5.41) is 6.52. The van der Waals surface area contributed by atoms with Gasteiger partial charge in [-0.25, -0.2) is 13.4 Å². The summed E-state index contributed by atoms with van der Waals surface area (Å²) in [6.45, 7) is 3.52. The first kappa shape index (κ1) is 11.8. The number of sulfone groups is 1. The average molecular weight is 255 g/mol. The molecule has 0 spiro atoms. The predicted octanol–water partition coefficient (Wildman–Crippen LogP) is 1.24. The number of furan rings is 1. The van der Waals surface area contributed by atoms with E-state index >= 15 is 0 Å². The van der Waals surface area contributed by atoms with Crippen molar-refractivity contribution in [3.63, 3.8) is 0 Å². The molecule has 0 atom stereocenters. The molecule has 92 valence electrons. The molecule has 0 bridgehead atoms. The molecule has 0 aromatic carbocycles. The molecule has 0 unspecified atom stereocenters. The number of nitrogens with zero attached hydrogens (tertiary/aromatic N) is 2. The van der Waals surface area contributed by atoms with Gasteiger partial charge >= 0.3 is 0 Å². The van der Waals surface area contributed by atoms with Crippen LogP contribution in [-0.2, 0) is 22.0 Å². The highest BCUT2D eigenvalue weighted by Crippen LogP contribution is 2.19. The van der Waals surface area contributed by atoms with Crippen LogP contribution in [-0.4, -0.2) is 23.6 Å². The van der Waals surface area contributed by atoms with E-state index in [1.54, 1.807) is 6.92 Å². The van der Waals surface area contributed by atoms with Gasteiger partial charge in [0.1, 0.15) is 28.1 Å². The Balaban J connectivity index is 2.26. The second-order valence-electron chi connectivity index (χ2n) is 3.65. The van der Waals surface area contributed by atoms with Crippen molar-refractivity contribution in [2.24, 2.45) is 0 Å². The maximum absolute atomic E-state index is 12.0. The summed E-state index contributed by atoms with van der Waals surface area (Å²) in [6, 6.07) is 1.45. The molecular weight excluding hydrogens is 242 g/mol. The van der Waals surface area contributed by atoms with Crippen LogP contribution in [0, 0.1) is 6.92 Å². The number of aromatic nitrogens is 3. The van der Waals surface area contributed by atoms with Gasteiger partial charge in [-0.05, 0) is 13.0 Å². The zero-order valence-corrected chi connectivity index (χ0v) is 10.4. The van der Waals surface area contributed by atoms with Gasteiger partial charge in [-0.2, -0.15) is 5.10 Å². The van der Waals surface area contributed by atoms with Gasteiger partial charge in [0.15, 0.2) is 9.84 Å². The first-order valence-electron chi connectivity index (χ1n) is 5.20. The molecule has 1 N–H and O–H groups in total. The number of hydrogen-bond acceptors (Lipinski definition) is 5. The van der Waals surface area contributed by atoms with Crippen molar-refractivity contribution in [2.45, 2.75) is 30.9 Å². The Bertz CT molecular complexity index is 612. The molecule has 0 saturated carbocycles. The summed E-state index contributed by atoms with van der Waals surface area (Å²) in [4.78, 5) is 4.28. The number of hydrogen-bond donors (Lipinski definition) is 1. The van der Waals surface area contributed by atoms with E-state index in [2.05, 4.69) is 15.2 Å². The van der Waals surface area contributed by atoms with E-state index in [-0.39, 0.29) is 10.6 Å². The van der Waals surface area contributed by atoms with Crippen molar-refractivity contribution in [3.05, 3.63) is 29.7 Å². The largest absolute Gasteiger partial charge is 0.468 e. The van der Waals surface area contributed by atoms with Crippen LogP contribution >= 0.6 is 0 Å². The highest BCUT2D eigenvalue weighted by atomic mass is 32.2. The van der Waals surface area contributed by atoms with E-state index in [1.807, 2.05) is 6.92 Å². The van der Waals surface area contributed by atoms with Gasteiger partial charge in [-0.3, -0.25) is 5.10 Å². The Morgan fingerprint density at radius 2 is 2.24 bits per heavy atom. The molecule has 0 aliphatic rings. The zero-order valence-electron chi connectivity index (χ0n) is 9.60. The number of aromatic amines is 1. The third-order valence-electron chi connectivity index (χ3n) is 2.37. The van der Waals surface area contributed by atoms with E-state index in [0.717, 1.165) is 0 Å². The second-order valence-corrected chi connectivity index (χ2v) is 5.61. The lowest BCUT2D eigenvalue weighted by Crippen LogP contribution is -2.06. The van der Waals surface area contributed by atoms with E-state index in [4.69, 9.17) is 4.42 Å². The standard InChI is InChI=1S/C10H13N3O3S/c1-3-9-11-10(13-12-9)6-17(14,15)8-4-5-16-7(8)2/h4-5H,3,6H2,1-2H3,(H,11,12,13). The van der Waals surface area contributed by atoms with Gasteiger partial charge in [0.2, 0.25) is 0 Å². The van der Waals surface area contributed by atoms with Crippen LogP contribution in [0.5, 0.6) is 0 Å². The lowest BCUT2D eigenvalue weighted by Gasteiger charge is -1.99. The van der Waals surface area contributed by atoms with E-state index in [0.29, 0.717) is 23.8 Å². The molecule has 2 aromatic rings. The Labute approximate surface area is 99.0 Å². The molecule has 2 aromatic heterocycles. The van der Waals surface area contributed by atoms with Crippen LogP contribution in [0.2, 0.25) is 0 Å². The van der Waals surface area contributed by atoms with Crippen LogP contribution in [0.25, 0.3) is 0 Å². The first-order valence-corrected chi connectivity index (χ1v) is 6.85. The van der Waals surface area contributed by atoms with E-state index < -0.39 is 9.84 Å². The van der Waals surface area contributed by atoms with Crippen LogP contribution in [0.4, 0.5) is 0 Å². The Hall–Kier alpha value is -1.63. The van der Waals surface area contributed by atoms with Gasteiger partial charge in [-0.1, -0.05) is 6.92 Å². The Kier molecular flexibility index (Phi) is 3.01. The van der Waals surface area contributed by atoms with Crippen molar-refractivity contribution >= 4 is 9.84 Å². The Morgan fingerprint density at radius 1 is 1.47 bits per heavy atom. The Morgan fingerprint density at radius 3 is 2.76 bits per heavy atom. The molecule has 7 heteroatoms. The predicted molar refractivity (Wildman–Crippen MR) is 60.1 cm³/mol. The molecule has 0 aliphatic heterocycles. The summed E-state index contributed by atoms with van der Waals surface area (Å²) < 4.78 is 29.1. The summed E-state index contributed by atoms with van der Waals surface area (Å²) in [7, 11) is -3.42. The maximum Gasteiger partial charge on any atom is 0.189 e. The highest BCUT2D eigenvalue weighted by Gasteiger charge is 2.21. The lowest BCUT2D eigenvalue weighted by atomic mass is 10.5. The molecule has 0 saturated heterocycles. The van der Waals surface area contributed by atoms with Crippen LogP contribution in [0.15, 0.2) is 21.6 Å². The van der Waals surface area contributed by atoms with E-state index in [1.165, 1.54) is 12.3 Å². The van der Waals surface area contributed by atoms with Crippen molar-refractivity contribution in [3.8, 4) is 0 Å². The molecule has 2 heterocycles. The van der Waals surface area contributed by atoms with Gasteiger partial charge < -0.3 is 4.42 Å². The average Bonchev–Trinajstić information content (AvgIpc) is 2.86. The zero-order chi connectivity index (χ0) is 12.5. The van der Waals surface area contributed by atoms with Crippen LogP contribution in [0.3, 0.4) is 0 Å². The van der Waals surface area contributed by atoms with Crippen molar-refractivity contribution < 1.29 is 12.8 Å². The summed E-state index contributed by atoms with van der Waals surface area (Å²) in [6.07, 6.45) is 2.03. The molecule has 17 heavy (non-hydrogen) atoms.